The molecule has 9 nitrogen and oxygen atoms in total. The van der Waals surface area contributed by atoms with Crippen LogP contribution in [0.4, 0.5) is 23.3 Å². The summed E-state index contributed by atoms with van der Waals surface area (Å²) in [6, 6.07) is 7.53. The summed E-state index contributed by atoms with van der Waals surface area (Å²) in [7, 11) is 0. The number of anilines is 4. The zero-order valence-electron chi connectivity index (χ0n) is 15.9. The summed E-state index contributed by atoms with van der Waals surface area (Å²) in [6.07, 6.45) is 1.68. The molecule has 0 aliphatic carbocycles. The van der Waals surface area contributed by atoms with E-state index in [0.717, 1.165) is 16.9 Å². The standard InChI is InChI=1S/C19H21N7O2/c1-18(2)12-5-4-11(8-13(12)22-15(18)27)21-16-23-14-6-7-20-17(26(14)24-16)25-9-19(3,28)10-25/h4-8,28H,9-10H2,1-3H3,(H,21,24)(H,22,27). The van der Waals surface area contributed by atoms with Crippen LogP contribution in [0.5, 0.6) is 0 Å². The Morgan fingerprint density at radius 3 is 2.75 bits per heavy atom. The van der Waals surface area contributed by atoms with Crippen molar-refractivity contribution in [1.29, 1.82) is 0 Å². The van der Waals surface area contributed by atoms with E-state index >= 15 is 0 Å². The third-order valence-electron chi connectivity index (χ3n) is 5.35. The number of nitrogens with one attached hydrogen (secondary N) is 2. The Balaban J connectivity index is 1.44. The lowest BCUT2D eigenvalue weighted by molar-refractivity contribution is -0.119. The SMILES string of the molecule is CC1(O)CN(c2nccc3nc(Nc4ccc5c(c4)NC(=O)C5(C)C)nn23)C1. The highest BCUT2D eigenvalue weighted by Crippen LogP contribution is 2.39. The first-order valence-corrected chi connectivity index (χ1v) is 9.15. The molecule has 1 amide bonds. The number of rotatable bonds is 3. The first-order chi connectivity index (χ1) is 13.2. The minimum atomic E-state index is -0.700. The molecule has 0 unspecified atom stereocenters. The lowest BCUT2D eigenvalue weighted by Gasteiger charge is -2.44. The molecule has 5 rings (SSSR count). The Hall–Kier alpha value is -3.20. The largest absolute Gasteiger partial charge is 0.386 e. The molecule has 1 aromatic carbocycles. The predicted molar refractivity (Wildman–Crippen MR) is 105 cm³/mol. The number of aromatic nitrogens is 4. The highest BCUT2D eigenvalue weighted by molar-refractivity contribution is 6.06. The van der Waals surface area contributed by atoms with Crippen LogP contribution in [0.3, 0.4) is 0 Å². The Morgan fingerprint density at radius 2 is 2.00 bits per heavy atom. The van der Waals surface area contributed by atoms with Gasteiger partial charge in [0.1, 0.15) is 0 Å². The summed E-state index contributed by atoms with van der Waals surface area (Å²) in [5.74, 6) is 1.07. The molecule has 28 heavy (non-hydrogen) atoms. The van der Waals surface area contributed by atoms with E-state index in [2.05, 4.69) is 25.7 Å². The van der Waals surface area contributed by atoms with Crippen molar-refractivity contribution in [3.63, 3.8) is 0 Å². The third-order valence-corrected chi connectivity index (χ3v) is 5.35. The minimum absolute atomic E-state index is 0.00773. The fourth-order valence-corrected chi connectivity index (χ4v) is 3.79. The number of aliphatic hydroxyl groups is 1. The first kappa shape index (κ1) is 16.9. The van der Waals surface area contributed by atoms with Gasteiger partial charge in [-0.25, -0.2) is 4.98 Å². The zero-order valence-corrected chi connectivity index (χ0v) is 15.9. The molecule has 0 atom stereocenters. The number of hydrogen-bond donors (Lipinski definition) is 3. The number of β-amino-alcohol motifs (C(OH)–C–C–N with tert-alkyl or cyclic N) is 1. The van der Waals surface area contributed by atoms with Crippen molar-refractivity contribution in [2.75, 3.05) is 28.6 Å². The lowest BCUT2D eigenvalue weighted by atomic mass is 9.86. The van der Waals surface area contributed by atoms with Crippen LogP contribution in [-0.2, 0) is 10.2 Å². The molecule has 4 heterocycles. The van der Waals surface area contributed by atoms with Crippen molar-refractivity contribution in [1.82, 2.24) is 19.6 Å². The van der Waals surface area contributed by atoms with Crippen LogP contribution in [0, 0.1) is 0 Å². The van der Waals surface area contributed by atoms with E-state index in [9.17, 15) is 9.90 Å². The quantitative estimate of drug-likeness (QED) is 0.635. The molecule has 1 saturated heterocycles. The number of carbonyl (C=O) groups is 1. The topological polar surface area (TPSA) is 108 Å². The molecule has 0 saturated carbocycles. The second kappa shape index (κ2) is 5.41. The Kier molecular flexibility index (Phi) is 3.28. The van der Waals surface area contributed by atoms with Crippen LogP contribution in [0.15, 0.2) is 30.5 Å². The van der Waals surface area contributed by atoms with Crippen molar-refractivity contribution in [3.05, 3.63) is 36.0 Å². The van der Waals surface area contributed by atoms with Crippen LogP contribution in [0.25, 0.3) is 5.65 Å². The molecule has 1 fully saturated rings. The van der Waals surface area contributed by atoms with E-state index in [1.54, 1.807) is 23.7 Å². The van der Waals surface area contributed by atoms with Crippen LogP contribution in [0.1, 0.15) is 26.3 Å². The smallest absolute Gasteiger partial charge is 0.247 e. The van der Waals surface area contributed by atoms with Crippen molar-refractivity contribution in [3.8, 4) is 0 Å². The Bertz CT molecular complexity index is 1110. The number of nitrogens with zero attached hydrogens (tertiary/aromatic N) is 5. The molecule has 3 aromatic rings. The maximum absolute atomic E-state index is 12.1. The second-order valence-corrected chi connectivity index (χ2v) is 8.27. The van der Waals surface area contributed by atoms with Crippen LogP contribution in [0.2, 0.25) is 0 Å². The summed E-state index contributed by atoms with van der Waals surface area (Å²) in [5.41, 5.74) is 1.99. The average molecular weight is 379 g/mol. The van der Waals surface area contributed by atoms with E-state index in [0.29, 0.717) is 30.6 Å². The van der Waals surface area contributed by atoms with Crippen molar-refractivity contribution >= 4 is 34.8 Å². The molecule has 2 aromatic heterocycles. The van der Waals surface area contributed by atoms with E-state index in [-0.39, 0.29) is 5.91 Å². The number of hydrogen-bond acceptors (Lipinski definition) is 7. The summed E-state index contributed by atoms with van der Waals surface area (Å²) in [5, 5.41) is 20.6. The van der Waals surface area contributed by atoms with E-state index in [1.807, 2.05) is 36.9 Å². The van der Waals surface area contributed by atoms with Gasteiger partial charge >= 0.3 is 0 Å². The number of amides is 1. The zero-order chi connectivity index (χ0) is 19.7. The normalized spacial score (nSPS) is 19.3. The van der Waals surface area contributed by atoms with Crippen molar-refractivity contribution in [2.45, 2.75) is 31.8 Å². The third kappa shape index (κ3) is 2.50. The lowest BCUT2D eigenvalue weighted by Crippen LogP contribution is -2.60. The van der Waals surface area contributed by atoms with Gasteiger partial charge < -0.3 is 20.6 Å². The van der Waals surface area contributed by atoms with Gasteiger partial charge in [0.25, 0.3) is 0 Å². The highest BCUT2D eigenvalue weighted by Gasteiger charge is 2.39. The molecular formula is C19H21N7O2. The molecule has 9 heteroatoms. The Labute approximate surface area is 161 Å². The first-order valence-electron chi connectivity index (χ1n) is 9.15. The average Bonchev–Trinajstić information content (AvgIpc) is 3.10. The molecule has 3 N–H and O–H groups in total. The number of carbonyl (C=O) groups excluding carboxylic acids is 1. The van der Waals surface area contributed by atoms with E-state index in [4.69, 9.17) is 0 Å². The van der Waals surface area contributed by atoms with Gasteiger partial charge in [-0.2, -0.15) is 9.50 Å². The molecular weight excluding hydrogens is 358 g/mol. The molecule has 2 aliphatic heterocycles. The van der Waals surface area contributed by atoms with E-state index < -0.39 is 11.0 Å². The summed E-state index contributed by atoms with van der Waals surface area (Å²) in [4.78, 5) is 23.0. The summed E-state index contributed by atoms with van der Waals surface area (Å²) in [6.45, 7) is 6.62. The van der Waals surface area contributed by atoms with Crippen LogP contribution >= 0.6 is 0 Å². The van der Waals surface area contributed by atoms with Crippen LogP contribution in [-0.4, -0.2) is 49.3 Å². The van der Waals surface area contributed by atoms with Gasteiger partial charge in [-0.3, -0.25) is 4.79 Å². The highest BCUT2D eigenvalue weighted by atomic mass is 16.3. The van der Waals surface area contributed by atoms with Crippen molar-refractivity contribution < 1.29 is 9.90 Å². The van der Waals surface area contributed by atoms with Crippen molar-refractivity contribution in [2.24, 2.45) is 0 Å². The molecule has 0 radical (unpaired) electrons. The molecule has 144 valence electrons. The Morgan fingerprint density at radius 1 is 1.21 bits per heavy atom. The minimum Gasteiger partial charge on any atom is -0.386 e. The molecule has 0 spiro atoms. The van der Waals surface area contributed by atoms with Gasteiger partial charge in [-0.05, 0) is 38.5 Å². The second-order valence-electron chi connectivity index (χ2n) is 8.27. The maximum atomic E-state index is 12.1. The van der Waals surface area contributed by atoms with Gasteiger partial charge in [0.15, 0.2) is 5.65 Å². The van der Waals surface area contributed by atoms with E-state index in [1.165, 1.54) is 0 Å². The van der Waals surface area contributed by atoms with Gasteiger partial charge in [0.2, 0.25) is 17.8 Å². The van der Waals surface area contributed by atoms with Gasteiger partial charge in [-0.1, -0.05) is 6.07 Å². The fraction of sp³-hybridized carbons (Fsp3) is 0.368. The molecule has 0 bridgehead atoms. The summed E-state index contributed by atoms with van der Waals surface area (Å²) < 4.78 is 1.66. The number of benzene rings is 1. The fourth-order valence-electron chi connectivity index (χ4n) is 3.79. The van der Waals surface area contributed by atoms with Gasteiger partial charge in [0.05, 0.1) is 24.1 Å². The summed E-state index contributed by atoms with van der Waals surface area (Å²) >= 11 is 0. The number of fused-ring (bicyclic) bond motifs is 2. The predicted octanol–water partition coefficient (Wildman–Crippen LogP) is 1.67. The monoisotopic (exact) mass is 379 g/mol. The molecule has 2 aliphatic rings. The van der Waals surface area contributed by atoms with Gasteiger partial charge in [-0.15, -0.1) is 5.10 Å². The van der Waals surface area contributed by atoms with Gasteiger partial charge in [0, 0.05) is 23.6 Å². The van der Waals surface area contributed by atoms with Crippen LogP contribution < -0.4 is 15.5 Å². The maximum Gasteiger partial charge on any atom is 0.247 e.